The molecular weight excluding hydrogens is 508 g/mol. The molecule has 0 fully saturated rings. The van der Waals surface area contributed by atoms with Crippen molar-refractivity contribution in [2.75, 3.05) is 14.2 Å². The Hall–Kier alpha value is -2.85. The van der Waals surface area contributed by atoms with Crippen molar-refractivity contribution >= 4 is 44.0 Å². The normalized spacial score (nSPS) is 10.9. The first-order valence-corrected chi connectivity index (χ1v) is 9.80. The van der Waals surface area contributed by atoms with E-state index >= 15 is 0 Å². The maximum absolute atomic E-state index is 12.3. The highest BCUT2D eigenvalue weighted by molar-refractivity contribution is 9.11. The van der Waals surface area contributed by atoms with E-state index in [0.29, 0.717) is 27.2 Å². The monoisotopic (exact) mass is 522 g/mol. The number of rotatable bonds is 6. The molecule has 8 nitrogen and oxygen atoms in total. The number of nitrogens with zero attached hydrogens (tertiary/aromatic N) is 2. The largest absolute Gasteiger partial charge is 0.506 e. The summed E-state index contributed by atoms with van der Waals surface area (Å²) < 4.78 is 11.8. The van der Waals surface area contributed by atoms with E-state index in [1.807, 2.05) is 6.07 Å². The molecule has 1 amide bonds. The van der Waals surface area contributed by atoms with E-state index in [4.69, 9.17) is 9.47 Å². The van der Waals surface area contributed by atoms with Crippen LogP contribution in [0.3, 0.4) is 0 Å². The van der Waals surface area contributed by atoms with E-state index in [2.05, 4.69) is 52.6 Å². The Morgan fingerprint density at radius 1 is 1.17 bits per heavy atom. The number of nitrogens with one attached hydrogen (secondary N) is 2. The summed E-state index contributed by atoms with van der Waals surface area (Å²) in [6, 6.07) is 10.3. The SMILES string of the molecule is COc1ccc(-c2cc(C(=O)NN=Cc3cc(Br)cc(Br)c3O)[nH]n2)cc1OC. The van der Waals surface area contributed by atoms with Gasteiger partial charge in [0.1, 0.15) is 11.4 Å². The minimum atomic E-state index is -0.478. The van der Waals surface area contributed by atoms with Crippen LogP contribution in [0.15, 0.2) is 50.4 Å². The fraction of sp³-hybridized carbons (Fsp3) is 0.105. The third kappa shape index (κ3) is 4.77. The highest BCUT2D eigenvalue weighted by Gasteiger charge is 2.13. The summed E-state index contributed by atoms with van der Waals surface area (Å²) in [5, 5.41) is 20.7. The summed E-state index contributed by atoms with van der Waals surface area (Å²) in [5.41, 5.74) is 4.37. The van der Waals surface area contributed by atoms with E-state index in [-0.39, 0.29) is 11.4 Å². The number of hydrogen-bond donors (Lipinski definition) is 3. The molecule has 1 heterocycles. The average molecular weight is 524 g/mol. The fourth-order valence-electron chi connectivity index (χ4n) is 2.49. The van der Waals surface area contributed by atoms with E-state index in [0.717, 1.165) is 10.0 Å². The summed E-state index contributed by atoms with van der Waals surface area (Å²) in [5.74, 6) is 0.697. The van der Waals surface area contributed by atoms with Crippen LogP contribution < -0.4 is 14.9 Å². The molecule has 29 heavy (non-hydrogen) atoms. The van der Waals surface area contributed by atoms with Gasteiger partial charge in [-0.25, -0.2) is 5.43 Å². The third-order valence-electron chi connectivity index (χ3n) is 3.93. The molecule has 150 valence electrons. The molecule has 0 radical (unpaired) electrons. The van der Waals surface area contributed by atoms with Crippen molar-refractivity contribution in [1.29, 1.82) is 0 Å². The summed E-state index contributed by atoms with van der Waals surface area (Å²) in [6.07, 6.45) is 1.34. The standard InChI is InChI=1S/C19H16Br2N4O4/c1-28-16-4-3-10(6-17(16)29-2)14-8-15(24-23-14)19(27)25-22-9-11-5-12(20)7-13(21)18(11)26/h3-9,26H,1-2H3,(H,23,24)(H,25,27). The zero-order valence-corrected chi connectivity index (χ0v) is 18.5. The Morgan fingerprint density at radius 2 is 1.93 bits per heavy atom. The number of halogens is 2. The van der Waals surface area contributed by atoms with Crippen LogP contribution >= 0.6 is 31.9 Å². The number of ether oxygens (including phenoxy) is 2. The first-order valence-electron chi connectivity index (χ1n) is 8.22. The summed E-state index contributed by atoms with van der Waals surface area (Å²) in [4.78, 5) is 12.3. The molecule has 0 saturated heterocycles. The zero-order chi connectivity index (χ0) is 21.0. The number of benzene rings is 2. The van der Waals surface area contributed by atoms with E-state index in [9.17, 15) is 9.90 Å². The van der Waals surface area contributed by atoms with Crippen LogP contribution in [0.1, 0.15) is 16.1 Å². The van der Waals surface area contributed by atoms with Gasteiger partial charge in [-0.1, -0.05) is 15.9 Å². The predicted octanol–water partition coefficient (Wildman–Crippen LogP) is 4.09. The highest BCUT2D eigenvalue weighted by Crippen LogP contribution is 2.32. The third-order valence-corrected chi connectivity index (χ3v) is 4.99. The summed E-state index contributed by atoms with van der Waals surface area (Å²) >= 11 is 6.57. The van der Waals surface area contributed by atoms with Gasteiger partial charge in [0.15, 0.2) is 11.5 Å². The molecule has 0 atom stereocenters. The number of carbonyl (C=O) groups is 1. The lowest BCUT2D eigenvalue weighted by atomic mass is 10.1. The number of phenolic OH excluding ortho intramolecular Hbond substituents is 1. The number of hydrazone groups is 1. The van der Waals surface area contributed by atoms with Crippen molar-refractivity contribution in [2.24, 2.45) is 5.10 Å². The lowest BCUT2D eigenvalue weighted by Crippen LogP contribution is -2.18. The summed E-state index contributed by atoms with van der Waals surface area (Å²) in [6.45, 7) is 0. The van der Waals surface area contributed by atoms with Crippen molar-refractivity contribution in [1.82, 2.24) is 15.6 Å². The number of methoxy groups -OCH3 is 2. The molecular formula is C19H16Br2N4O4. The highest BCUT2D eigenvalue weighted by atomic mass is 79.9. The van der Waals surface area contributed by atoms with Gasteiger partial charge in [-0.05, 0) is 52.3 Å². The van der Waals surface area contributed by atoms with Crippen LogP contribution in [-0.4, -0.2) is 41.6 Å². The second-order valence-electron chi connectivity index (χ2n) is 5.76. The number of hydrogen-bond acceptors (Lipinski definition) is 6. The Balaban J connectivity index is 1.73. The molecule has 10 heteroatoms. The maximum atomic E-state index is 12.3. The molecule has 2 aromatic carbocycles. The van der Waals surface area contributed by atoms with Gasteiger partial charge in [-0.15, -0.1) is 0 Å². The van der Waals surface area contributed by atoms with E-state index in [1.165, 1.54) is 6.21 Å². The van der Waals surface area contributed by atoms with Crippen LogP contribution in [0.25, 0.3) is 11.3 Å². The van der Waals surface area contributed by atoms with Gasteiger partial charge in [0.05, 0.1) is 30.6 Å². The molecule has 0 bridgehead atoms. The average Bonchev–Trinajstić information content (AvgIpc) is 3.21. The number of phenols is 1. The Bertz CT molecular complexity index is 1080. The molecule has 1 aromatic heterocycles. The van der Waals surface area contributed by atoms with Crippen LogP contribution in [0.5, 0.6) is 17.2 Å². The van der Waals surface area contributed by atoms with Gasteiger partial charge in [0, 0.05) is 15.6 Å². The summed E-state index contributed by atoms with van der Waals surface area (Å²) in [7, 11) is 3.10. The number of aromatic nitrogens is 2. The number of aromatic hydroxyl groups is 1. The molecule has 3 rings (SSSR count). The number of carbonyl (C=O) groups excluding carboxylic acids is 1. The molecule has 0 aliphatic heterocycles. The Labute approximate surface area is 183 Å². The molecule has 0 spiro atoms. The number of amides is 1. The zero-order valence-electron chi connectivity index (χ0n) is 15.4. The lowest BCUT2D eigenvalue weighted by molar-refractivity contribution is 0.0950. The minimum absolute atomic E-state index is 0.0171. The van der Waals surface area contributed by atoms with Crippen LogP contribution in [-0.2, 0) is 0 Å². The van der Waals surface area contributed by atoms with Crippen molar-refractivity contribution < 1.29 is 19.4 Å². The molecule has 0 aliphatic carbocycles. The van der Waals surface area contributed by atoms with E-state index in [1.54, 1.807) is 44.6 Å². The number of H-pyrrole nitrogens is 1. The molecule has 0 unspecified atom stereocenters. The Kier molecular flexibility index (Phi) is 6.55. The van der Waals surface area contributed by atoms with Gasteiger partial charge < -0.3 is 14.6 Å². The lowest BCUT2D eigenvalue weighted by Gasteiger charge is -2.08. The smallest absolute Gasteiger partial charge is 0.289 e. The van der Waals surface area contributed by atoms with E-state index < -0.39 is 5.91 Å². The topological polar surface area (TPSA) is 109 Å². The van der Waals surface area contributed by atoms with Crippen molar-refractivity contribution in [3.63, 3.8) is 0 Å². The molecule has 0 aliphatic rings. The van der Waals surface area contributed by atoms with Gasteiger partial charge in [-0.2, -0.15) is 10.2 Å². The maximum Gasteiger partial charge on any atom is 0.289 e. The molecule has 0 saturated carbocycles. The molecule has 3 N–H and O–H groups in total. The van der Waals surface area contributed by atoms with Gasteiger partial charge in [-0.3, -0.25) is 9.89 Å². The van der Waals surface area contributed by atoms with Crippen LogP contribution in [0.2, 0.25) is 0 Å². The first-order chi connectivity index (χ1) is 13.9. The quantitative estimate of drug-likeness (QED) is 0.333. The second kappa shape index (κ2) is 9.10. The van der Waals surface area contributed by atoms with Gasteiger partial charge >= 0.3 is 0 Å². The van der Waals surface area contributed by atoms with Gasteiger partial charge in [0.2, 0.25) is 0 Å². The number of aromatic amines is 1. The first kappa shape index (κ1) is 20.9. The van der Waals surface area contributed by atoms with Crippen LogP contribution in [0, 0.1) is 0 Å². The Morgan fingerprint density at radius 3 is 2.66 bits per heavy atom. The second-order valence-corrected chi connectivity index (χ2v) is 7.53. The molecule has 3 aromatic rings. The van der Waals surface area contributed by atoms with Crippen molar-refractivity contribution in [2.45, 2.75) is 0 Å². The minimum Gasteiger partial charge on any atom is -0.506 e. The van der Waals surface area contributed by atoms with Crippen molar-refractivity contribution in [3.05, 3.63) is 56.6 Å². The fourth-order valence-corrected chi connectivity index (χ4v) is 3.74. The van der Waals surface area contributed by atoms with Gasteiger partial charge in [0.25, 0.3) is 5.91 Å². The van der Waals surface area contributed by atoms with Crippen LogP contribution in [0.4, 0.5) is 0 Å². The predicted molar refractivity (Wildman–Crippen MR) is 116 cm³/mol. The van der Waals surface area contributed by atoms with Crippen molar-refractivity contribution in [3.8, 4) is 28.5 Å².